The lowest BCUT2D eigenvalue weighted by Gasteiger charge is -2.29. The lowest BCUT2D eigenvalue weighted by Crippen LogP contribution is -2.52. The number of imide groups is 1. The second-order valence-electron chi connectivity index (χ2n) is 8.29. The summed E-state index contributed by atoms with van der Waals surface area (Å²) in [6.45, 7) is 0.447. The number of aromatic nitrogens is 1. The molecule has 2 aromatic carbocycles. The number of carbonyl (C=O) groups excluding carboxylic acids is 3. The van der Waals surface area contributed by atoms with Gasteiger partial charge in [0, 0.05) is 35.3 Å². The summed E-state index contributed by atoms with van der Waals surface area (Å²) in [5.74, 6) is -0.761. The third-order valence-corrected chi connectivity index (χ3v) is 5.92. The highest BCUT2D eigenvalue weighted by molar-refractivity contribution is 6.06. The zero-order valence-electron chi connectivity index (χ0n) is 18.6. The Bertz CT molecular complexity index is 1340. The van der Waals surface area contributed by atoms with Gasteiger partial charge in [0.1, 0.15) is 17.6 Å². The van der Waals surface area contributed by atoms with Gasteiger partial charge in [-0.3, -0.25) is 19.7 Å². The standard InChI is InChI=1S/C24H19F3N4O5/c25-24(26,27)36-14-6-4-13(5-7-14)22-29-11-15(35-22)10-28-18-3-1-2-16-17(18)12-31(23(16)34)19-8-9-20(32)30-21(19)33/h1-7,11,19,28H,8-10,12H2,(H,30,32,33). The van der Waals surface area contributed by atoms with Crippen LogP contribution in [0.3, 0.4) is 0 Å². The summed E-state index contributed by atoms with van der Waals surface area (Å²) in [5.41, 5.74) is 2.36. The number of carbonyl (C=O) groups is 3. The Balaban J connectivity index is 1.26. The molecule has 3 amide bonds. The van der Waals surface area contributed by atoms with Crippen molar-refractivity contribution in [2.45, 2.75) is 38.3 Å². The summed E-state index contributed by atoms with van der Waals surface area (Å²) >= 11 is 0. The highest BCUT2D eigenvalue weighted by atomic mass is 19.4. The minimum Gasteiger partial charge on any atom is -0.439 e. The first-order valence-corrected chi connectivity index (χ1v) is 11.0. The van der Waals surface area contributed by atoms with E-state index in [4.69, 9.17) is 4.42 Å². The van der Waals surface area contributed by atoms with Gasteiger partial charge in [0.2, 0.25) is 17.7 Å². The number of anilines is 1. The SMILES string of the molecule is O=C1CCC(N2Cc3c(NCc4cnc(-c5ccc(OC(F)(F)F)cc5)o4)cccc3C2=O)C(=O)N1. The molecule has 0 radical (unpaired) electrons. The fourth-order valence-electron chi connectivity index (χ4n) is 4.26. The molecular formula is C24H19F3N4O5. The average molecular weight is 500 g/mol. The van der Waals surface area contributed by atoms with Gasteiger partial charge in [0.05, 0.1) is 12.7 Å². The maximum atomic E-state index is 12.9. The molecule has 1 aromatic heterocycles. The largest absolute Gasteiger partial charge is 0.573 e. The van der Waals surface area contributed by atoms with E-state index in [1.165, 1.54) is 35.4 Å². The van der Waals surface area contributed by atoms with E-state index in [9.17, 15) is 27.6 Å². The Morgan fingerprint density at radius 1 is 1.14 bits per heavy atom. The zero-order chi connectivity index (χ0) is 25.4. The normalized spacial score (nSPS) is 17.7. The topological polar surface area (TPSA) is 114 Å². The molecule has 2 N–H and O–H groups in total. The van der Waals surface area contributed by atoms with E-state index in [2.05, 4.69) is 20.4 Å². The van der Waals surface area contributed by atoms with Crippen molar-refractivity contribution in [3.05, 3.63) is 65.5 Å². The second kappa shape index (κ2) is 9.02. The summed E-state index contributed by atoms with van der Waals surface area (Å²) in [4.78, 5) is 42.3. The van der Waals surface area contributed by atoms with Crippen molar-refractivity contribution in [2.75, 3.05) is 5.32 Å². The molecule has 0 aliphatic carbocycles. The minimum absolute atomic E-state index is 0.174. The first-order valence-electron chi connectivity index (χ1n) is 11.0. The van der Waals surface area contributed by atoms with Crippen LogP contribution >= 0.6 is 0 Å². The highest BCUT2D eigenvalue weighted by Gasteiger charge is 2.39. The number of hydrogen-bond donors (Lipinski definition) is 2. The maximum Gasteiger partial charge on any atom is 0.573 e. The van der Waals surface area contributed by atoms with E-state index in [1.807, 2.05) is 0 Å². The molecule has 1 saturated heterocycles. The van der Waals surface area contributed by atoms with Crippen LogP contribution in [0, 0.1) is 0 Å². The fraction of sp³-hybridized carbons (Fsp3) is 0.250. The Hall–Kier alpha value is -4.35. The number of fused-ring (bicyclic) bond motifs is 1. The number of nitrogens with zero attached hydrogens (tertiary/aromatic N) is 2. The fourth-order valence-corrected chi connectivity index (χ4v) is 4.26. The summed E-state index contributed by atoms with van der Waals surface area (Å²) < 4.78 is 46.6. The van der Waals surface area contributed by atoms with E-state index >= 15 is 0 Å². The molecule has 1 atom stereocenters. The molecule has 1 fully saturated rings. The van der Waals surface area contributed by atoms with Gasteiger partial charge in [0.15, 0.2) is 0 Å². The molecule has 0 spiro atoms. The average Bonchev–Trinajstić information content (AvgIpc) is 3.43. The van der Waals surface area contributed by atoms with Crippen LogP contribution in [0.5, 0.6) is 5.75 Å². The van der Waals surface area contributed by atoms with Gasteiger partial charge in [-0.1, -0.05) is 6.07 Å². The molecule has 2 aliphatic rings. The lowest BCUT2D eigenvalue weighted by atomic mass is 10.0. The predicted octanol–water partition coefficient (Wildman–Crippen LogP) is 3.61. The number of alkyl halides is 3. The first-order chi connectivity index (χ1) is 17.2. The molecule has 12 heteroatoms. The zero-order valence-corrected chi connectivity index (χ0v) is 18.6. The van der Waals surface area contributed by atoms with Gasteiger partial charge < -0.3 is 19.4 Å². The Morgan fingerprint density at radius 3 is 2.64 bits per heavy atom. The lowest BCUT2D eigenvalue weighted by molar-refractivity contribution is -0.274. The number of piperidine rings is 1. The molecule has 1 unspecified atom stereocenters. The summed E-state index contributed by atoms with van der Waals surface area (Å²) in [5, 5.41) is 5.49. The van der Waals surface area contributed by atoms with Crippen LogP contribution in [0.25, 0.3) is 11.5 Å². The monoisotopic (exact) mass is 500 g/mol. The number of halogens is 3. The Kier molecular flexibility index (Phi) is 5.86. The van der Waals surface area contributed by atoms with Crippen LogP contribution in [0.1, 0.15) is 34.5 Å². The molecular weight excluding hydrogens is 481 g/mol. The van der Waals surface area contributed by atoms with Crippen LogP contribution in [0.15, 0.2) is 53.1 Å². The first kappa shape index (κ1) is 23.4. The second-order valence-corrected chi connectivity index (χ2v) is 8.29. The summed E-state index contributed by atoms with van der Waals surface area (Å²) in [6.07, 6.45) is -2.83. The maximum absolute atomic E-state index is 12.9. The van der Waals surface area contributed by atoms with Crippen molar-refractivity contribution in [1.29, 1.82) is 0 Å². The Labute approximate surface area is 202 Å². The molecule has 2 aliphatic heterocycles. The van der Waals surface area contributed by atoms with E-state index in [-0.39, 0.29) is 49.4 Å². The van der Waals surface area contributed by atoms with Crippen molar-refractivity contribution in [3.63, 3.8) is 0 Å². The van der Waals surface area contributed by atoms with E-state index in [1.54, 1.807) is 18.2 Å². The van der Waals surface area contributed by atoms with Gasteiger partial charge in [-0.2, -0.15) is 0 Å². The summed E-state index contributed by atoms with van der Waals surface area (Å²) in [7, 11) is 0. The van der Waals surface area contributed by atoms with E-state index in [0.29, 0.717) is 22.6 Å². The van der Waals surface area contributed by atoms with Crippen molar-refractivity contribution < 1.29 is 36.7 Å². The van der Waals surface area contributed by atoms with Crippen molar-refractivity contribution >= 4 is 23.4 Å². The number of oxazole rings is 1. The predicted molar refractivity (Wildman–Crippen MR) is 118 cm³/mol. The molecule has 3 heterocycles. The molecule has 186 valence electrons. The number of benzene rings is 2. The van der Waals surface area contributed by atoms with Crippen molar-refractivity contribution in [1.82, 2.24) is 15.2 Å². The quantitative estimate of drug-likeness (QED) is 0.497. The van der Waals surface area contributed by atoms with Crippen molar-refractivity contribution in [3.8, 4) is 17.2 Å². The van der Waals surface area contributed by atoms with E-state index in [0.717, 1.165) is 5.56 Å². The molecule has 3 aromatic rings. The number of nitrogens with one attached hydrogen (secondary N) is 2. The van der Waals surface area contributed by atoms with Crippen LogP contribution in [-0.2, 0) is 22.7 Å². The Morgan fingerprint density at radius 2 is 1.92 bits per heavy atom. The van der Waals surface area contributed by atoms with Gasteiger partial charge in [0.25, 0.3) is 5.91 Å². The third-order valence-electron chi connectivity index (χ3n) is 5.92. The van der Waals surface area contributed by atoms with Crippen molar-refractivity contribution in [2.24, 2.45) is 0 Å². The number of ether oxygens (including phenoxy) is 1. The van der Waals surface area contributed by atoms with Crippen LogP contribution in [-0.4, -0.2) is 40.0 Å². The summed E-state index contributed by atoms with van der Waals surface area (Å²) in [6, 6.07) is 9.66. The molecule has 5 rings (SSSR count). The minimum atomic E-state index is -4.77. The number of amides is 3. The highest BCUT2D eigenvalue weighted by Crippen LogP contribution is 2.33. The molecule has 36 heavy (non-hydrogen) atoms. The number of rotatable bonds is 6. The van der Waals surface area contributed by atoms with Gasteiger partial charge in [-0.15, -0.1) is 13.2 Å². The molecule has 0 bridgehead atoms. The van der Waals surface area contributed by atoms with Crippen LogP contribution in [0.2, 0.25) is 0 Å². The molecule has 9 nitrogen and oxygen atoms in total. The van der Waals surface area contributed by atoms with Gasteiger partial charge >= 0.3 is 6.36 Å². The van der Waals surface area contributed by atoms with Crippen LogP contribution < -0.4 is 15.4 Å². The van der Waals surface area contributed by atoms with Gasteiger partial charge in [-0.05, 0) is 42.8 Å². The molecule has 0 saturated carbocycles. The van der Waals surface area contributed by atoms with Crippen LogP contribution in [0.4, 0.5) is 18.9 Å². The third kappa shape index (κ3) is 4.74. The van der Waals surface area contributed by atoms with E-state index < -0.39 is 18.3 Å². The van der Waals surface area contributed by atoms with Gasteiger partial charge in [-0.25, -0.2) is 4.98 Å². The number of hydrogen-bond acceptors (Lipinski definition) is 7. The smallest absolute Gasteiger partial charge is 0.439 e.